The average Bonchev–Trinajstić information content (AvgIpc) is 2.80. The normalized spacial score (nSPS) is 37.1. The van der Waals surface area contributed by atoms with Crippen LogP contribution < -0.4 is 5.32 Å². The van der Waals surface area contributed by atoms with Gasteiger partial charge in [0.05, 0.1) is 5.41 Å². The summed E-state index contributed by atoms with van der Waals surface area (Å²) >= 11 is 0. The molecule has 1 unspecified atom stereocenters. The average molecular weight is 422 g/mol. The monoisotopic (exact) mass is 421 g/mol. The van der Waals surface area contributed by atoms with Crippen molar-refractivity contribution in [3.05, 3.63) is 48.2 Å². The van der Waals surface area contributed by atoms with Gasteiger partial charge < -0.3 is 10.1 Å². The first-order valence-corrected chi connectivity index (χ1v) is 12.8. The van der Waals surface area contributed by atoms with Gasteiger partial charge in [0.1, 0.15) is 12.8 Å². The van der Waals surface area contributed by atoms with Crippen LogP contribution in [0.3, 0.4) is 0 Å². The molecule has 168 valence electrons. The molecule has 1 aliphatic carbocycles. The lowest BCUT2D eigenvalue weighted by Crippen LogP contribution is -2.58. The number of nitrogens with one attached hydrogen (secondary N) is 1. The van der Waals surface area contributed by atoms with Gasteiger partial charge in [0.15, 0.2) is 12.4 Å². The van der Waals surface area contributed by atoms with E-state index < -0.39 is 0 Å². The van der Waals surface area contributed by atoms with Crippen LogP contribution >= 0.6 is 0 Å². The van der Waals surface area contributed by atoms with E-state index in [1.165, 1.54) is 63.2 Å². The first kappa shape index (κ1) is 22.5. The first-order valence-electron chi connectivity index (χ1n) is 12.8. The first-order chi connectivity index (χ1) is 15.3. The molecule has 0 aromatic heterocycles. The molecule has 3 aliphatic heterocycles. The molecule has 0 saturated heterocycles. The maximum atomic E-state index is 12.2. The van der Waals surface area contributed by atoms with Crippen molar-refractivity contribution in [2.75, 3.05) is 13.1 Å². The Morgan fingerprint density at radius 3 is 2.58 bits per heavy atom. The minimum Gasteiger partial charge on any atom is -0.309 e. The topological polar surface area (TPSA) is 32.1 Å². The lowest BCUT2D eigenvalue weighted by molar-refractivity contribution is -0.461. The quantitative estimate of drug-likeness (QED) is 0.333. The van der Waals surface area contributed by atoms with Crippen LogP contribution in [-0.4, -0.2) is 36.2 Å². The number of hydrogen-bond acceptors (Lipinski definition) is 2. The molecule has 1 spiro atoms. The second-order valence-corrected chi connectivity index (χ2v) is 9.91. The molecule has 3 nitrogen and oxygen atoms in total. The van der Waals surface area contributed by atoms with Crippen LogP contribution in [-0.2, 0) is 4.79 Å². The molecule has 3 heteroatoms. The third-order valence-electron chi connectivity index (χ3n) is 7.76. The van der Waals surface area contributed by atoms with Crippen molar-refractivity contribution in [2.45, 2.75) is 83.1 Å². The third-order valence-corrected chi connectivity index (χ3v) is 7.76. The standard InChI is InChI=1S/C28H41N2O/c31-22-25-21-24-15-11-7-3-6-10-14-19-30-20-16-26(25)28(23-30)17-12-8-4-1-2-5-9-13-18-29-27(24)28/h3-4,7-8,16,20-23,25-27,29H,1-2,5-6,9-15,17-19H2/q+1/b7-3-,8-4+/t25?,26-,27-,28-/m0/s1. The minimum absolute atomic E-state index is 0.0172. The molecule has 0 fully saturated rings. The van der Waals surface area contributed by atoms with Gasteiger partial charge in [-0.25, -0.2) is 4.58 Å². The summed E-state index contributed by atoms with van der Waals surface area (Å²) in [4.78, 5) is 12.2. The Labute approximate surface area is 189 Å². The van der Waals surface area contributed by atoms with Crippen LogP contribution in [0.5, 0.6) is 0 Å². The van der Waals surface area contributed by atoms with Gasteiger partial charge in [-0.05, 0) is 70.4 Å². The molecule has 4 atom stereocenters. The predicted octanol–water partition coefficient (Wildman–Crippen LogP) is 5.73. The second-order valence-electron chi connectivity index (χ2n) is 9.91. The van der Waals surface area contributed by atoms with Crippen molar-refractivity contribution in [3.8, 4) is 0 Å². The van der Waals surface area contributed by atoms with E-state index in [0.29, 0.717) is 6.04 Å². The van der Waals surface area contributed by atoms with Crippen LogP contribution in [0.2, 0.25) is 0 Å². The second kappa shape index (κ2) is 11.2. The van der Waals surface area contributed by atoms with Crippen molar-refractivity contribution < 1.29 is 9.37 Å². The fourth-order valence-corrected chi connectivity index (χ4v) is 6.15. The SMILES string of the molecule is O=CC1C=C2CC/C=C\CCCC[N+]3=C[C@@]4(CC/C=C/CCCCCCN[C@@H]24)[C@H]1C=C3. The summed E-state index contributed by atoms with van der Waals surface area (Å²) in [7, 11) is 0. The van der Waals surface area contributed by atoms with E-state index in [2.05, 4.69) is 58.8 Å². The fourth-order valence-electron chi connectivity index (χ4n) is 6.15. The van der Waals surface area contributed by atoms with Crippen LogP contribution in [0.15, 0.2) is 48.2 Å². The Hall–Kier alpha value is -1.74. The maximum Gasteiger partial charge on any atom is 0.164 e. The Balaban J connectivity index is 1.76. The molecule has 1 N–H and O–H groups in total. The molecule has 3 bridgehead atoms. The van der Waals surface area contributed by atoms with Gasteiger partial charge in [-0.1, -0.05) is 48.8 Å². The summed E-state index contributed by atoms with van der Waals surface area (Å²) < 4.78 is 2.44. The van der Waals surface area contributed by atoms with E-state index in [-0.39, 0.29) is 17.3 Å². The van der Waals surface area contributed by atoms with E-state index in [4.69, 9.17) is 0 Å². The van der Waals surface area contributed by atoms with Crippen molar-refractivity contribution in [1.82, 2.24) is 5.32 Å². The molecule has 0 aromatic carbocycles. The summed E-state index contributed by atoms with van der Waals surface area (Å²) in [5, 5.41) is 4.03. The molecule has 0 radical (unpaired) electrons. The van der Waals surface area contributed by atoms with Crippen molar-refractivity contribution >= 4 is 12.5 Å². The summed E-state index contributed by atoms with van der Waals surface area (Å²) in [6.07, 6.45) is 34.6. The minimum atomic E-state index is -0.0272. The van der Waals surface area contributed by atoms with E-state index in [1.54, 1.807) is 0 Å². The van der Waals surface area contributed by atoms with Crippen molar-refractivity contribution in [1.29, 1.82) is 0 Å². The number of carbonyl (C=O) groups excluding carboxylic acids is 1. The van der Waals surface area contributed by atoms with E-state index in [1.807, 2.05) is 0 Å². The van der Waals surface area contributed by atoms with Gasteiger partial charge in [-0.3, -0.25) is 0 Å². The molecule has 4 rings (SSSR count). The zero-order valence-electron chi connectivity index (χ0n) is 19.2. The van der Waals surface area contributed by atoms with Crippen LogP contribution in [0.4, 0.5) is 0 Å². The van der Waals surface area contributed by atoms with Crippen LogP contribution in [0.25, 0.3) is 0 Å². The Bertz CT molecular complexity index is 759. The van der Waals surface area contributed by atoms with Gasteiger partial charge in [0, 0.05) is 24.3 Å². The van der Waals surface area contributed by atoms with Gasteiger partial charge in [0.2, 0.25) is 0 Å². The molecular weight excluding hydrogens is 380 g/mol. The molecule has 0 aromatic rings. The zero-order chi connectivity index (χ0) is 21.4. The van der Waals surface area contributed by atoms with Gasteiger partial charge >= 0.3 is 0 Å². The summed E-state index contributed by atoms with van der Waals surface area (Å²) in [5.41, 5.74) is 1.43. The predicted molar refractivity (Wildman–Crippen MR) is 129 cm³/mol. The zero-order valence-corrected chi connectivity index (χ0v) is 19.2. The highest BCUT2D eigenvalue weighted by Crippen LogP contribution is 2.49. The molecule has 4 aliphatic rings. The smallest absolute Gasteiger partial charge is 0.164 e. The fraction of sp³-hybridized carbons (Fsp3) is 0.643. The summed E-state index contributed by atoms with van der Waals surface area (Å²) in [5.74, 6) is 0.234. The number of aldehydes is 1. The van der Waals surface area contributed by atoms with Crippen molar-refractivity contribution in [2.24, 2.45) is 17.3 Å². The van der Waals surface area contributed by atoms with E-state index >= 15 is 0 Å². The highest BCUT2D eigenvalue weighted by molar-refractivity contribution is 5.71. The van der Waals surface area contributed by atoms with Crippen LogP contribution in [0.1, 0.15) is 77.0 Å². The Kier molecular flexibility index (Phi) is 8.13. The largest absolute Gasteiger partial charge is 0.309 e. The van der Waals surface area contributed by atoms with Crippen LogP contribution in [0, 0.1) is 17.3 Å². The highest BCUT2D eigenvalue weighted by atomic mass is 16.1. The molecular formula is C28H41N2O+. The van der Waals surface area contributed by atoms with E-state index in [9.17, 15) is 4.79 Å². The number of hydrogen-bond donors (Lipinski definition) is 1. The van der Waals surface area contributed by atoms with Gasteiger partial charge in [0.25, 0.3) is 0 Å². The summed E-state index contributed by atoms with van der Waals surface area (Å²) in [6.45, 7) is 2.15. The van der Waals surface area contributed by atoms with Gasteiger partial charge in [-0.2, -0.15) is 0 Å². The molecule has 3 heterocycles. The molecule has 0 amide bonds. The maximum absolute atomic E-state index is 12.2. The Morgan fingerprint density at radius 2 is 1.71 bits per heavy atom. The molecule has 0 saturated carbocycles. The highest BCUT2D eigenvalue weighted by Gasteiger charge is 2.53. The number of nitrogens with zero attached hydrogens (tertiary/aromatic N) is 1. The van der Waals surface area contributed by atoms with Gasteiger partial charge in [-0.15, -0.1) is 0 Å². The van der Waals surface area contributed by atoms with E-state index in [0.717, 1.165) is 38.8 Å². The number of rotatable bonds is 1. The lowest BCUT2D eigenvalue weighted by atomic mass is 9.57. The van der Waals surface area contributed by atoms with Crippen molar-refractivity contribution in [3.63, 3.8) is 0 Å². The lowest BCUT2D eigenvalue weighted by Gasteiger charge is -2.48. The third kappa shape index (κ3) is 5.37. The molecule has 31 heavy (non-hydrogen) atoms. The number of allylic oxidation sites excluding steroid dienone is 6. The summed E-state index contributed by atoms with van der Waals surface area (Å²) in [6, 6.07) is 0.324. The number of carbonyl (C=O) groups is 1. The Morgan fingerprint density at radius 1 is 0.935 bits per heavy atom.